The van der Waals surface area contributed by atoms with Crippen LogP contribution in [0.5, 0.6) is 5.88 Å². The number of alkyl halides is 3. The Morgan fingerprint density at radius 2 is 2.04 bits per heavy atom. The van der Waals surface area contributed by atoms with E-state index in [4.69, 9.17) is 16.3 Å². The number of carbonyl (C=O) groups is 1. The van der Waals surface area contributed by atoms with Crippen LogP contribution in [0.2, 0.25) is 5.02 Å². The molecule has 0 bridgehead atoms. The van der Waals surface area contributed by atoms with E-state index < -0.39 is 11.7 Å². The third-order valence-electron chi connectivity index (χ3n) is 4.88. The smallest absolute Gasteiger partial charge is 0.417 e. The van der Waals surface area contributed by atoms with Gasteiger partial charge in [0.2, 0.25) is 11.8 Å². The van der Waals surface area contributed by atoms with Gasteiger partial charge in [0, 0.05) is 12.1 Å². The molecule has 1 aromatic heterocycles. The molecule has 1 aliphatic heterocycles. The highest BCUT2D eigenvalue weighted by molar-refractivity contribution is 6.31. The van der Waals surface area contributed by atoms with Crippen LogP contribution in [0.25, 0.3) is 0 Å². The second-order valence-electron chi connectivity index (χ2n) is 6.52. The molecule has 1 aliphatic carbocycles. The van der Waals surface area contributed by atoms with Crippen molar-refractivity contribution < 1.29 is 22.7 Å². The maximum atomic E-state index is 12.5. The minimum Gasteiger partial charge on any atom is -0.475 e. The molecule has 2 N–H and O–H groups in total. The molecular formula is C16H21Cl3F3N3O2. The van der Waals surface area contributed by atoms with Crippen molar-refractivity contribution in [1.82, 2.24) is 15.6 Å². The third kappa shape index (κ3) is 5.76. The second-order valence-corrected chi connectivity index (χ2v) is 6.92. The highest BCUT2D eigenvalue weighted by Crippen LogP contribution is 2.58. The summed E-state index contributed by atoms with van der Waals surface area (Å²) in [5.74, 6) is -0.00970. The van der Waals surface area contributed by atoms with Gasteiger partial charge in [-0.05, 0) is 43.8 Å². The number of hydrogen-bond acceptors (Lipinski definition) is 4. The fourth-order valence-corrected chi connectivity index (χ4v) is 3.55. The number of piperidine rings is 1. The van der Waals surface area contributed by atoms with Crippen LogP contribution >= 0.6 is 36.4 Å². The van der Waals surface area contributed by atoms with Gasteiger partial charge in [-0.1, -0.05) is 11.6 Å². The highest BCUT2D eigenvalue weighted by atomic mass is 35.5. The normalized spacial score (nSPS) is 20.2. The van der Waals surface area contributed by atoms with E-state index in [9.17, 15) is 18.0 Å². The van der Waals surface area contributed by atoms with E-state index >= 15 is 0 Å². The van der Waals surface area contributed by atoms with E-state index in [-0.39, 0.29) is 66.1 Å². The van der Waals surface area contributed by atoms with Crippen molar-refractivity contribution >= 4 is 42.3 Å². The fraction of sp³-hybridized carbons (Fsp3) is 0.625. The maximum Gasteiger partial charge on any atom is 0.417 e. The van der Waals surface area contributed by atoms with E-state index in [1.165, 1.54) is 0 Å². The minimum absolute atomic E-state index is 0. The number of halogens is 6. The van der Waals surface area contributed by atoms with Crippen LogP contribution in [0.1, 0.15) is 24.8 Å². The summed E-state index contributed by atoms with van der Waals surface area (Å²) >= 11 is 5.75. The Morgan fingerprint density at radius 3 is 2.63 bits per heavy atom. The average Bonchev–Trinajstić information content (AvgIpc) is 3.25. The lowest BCUT2D eigenvalue weighted by atomic mass is 9.92. The molecule has 1 amide bonds. The number of pyridine rings is 1. The van der Waals surface area contributed by atoms with Gasteiger partial charge in [0.1, 0.15) is 11.6 Å². The lowest BCUT2D eigenvalue weighted by Gasteiger charge is -2.23. The number of aromatic nitrogens is 1. The minimum atomic E-state index is -4.50. The largest absolute Gasteiger partial charge is 0.475 e. The van der Waals surface area contributed by atoms with Gasteiger partial charge in [-0.2, -0.15) is 13.2 Å². The second kappa shape index (κ2) is 9.49. The summed E-state index contributed by atoms with van der Waals surface area (Å²) in [4.78, 5) is 15.7. The molecule has 3 rings (SSSR count). The zero-order chi connectivity index (χ0) is 18.1. The van der Waals surface area contributed by atoms with E-state index in [1.807, 2.05) is 0 Å². The molecule has 1 atom stereocenters. The molecular weight excluding hydrogens is 430 g/mol. The van der Waals surface area contributed by atoms with Gasteiger partial charge in [0.25, 0.3) is 0 Å². The van der Waals surface area contributed by atoms with E-state index in [2.05, 4.69) is 15.6 Å². The first-order valence-electron chi connectivity index (χ1n) is 8.16. The molecule has 2 fully saturated rings. The number of ether oxygens (including phenoxy) is 1. The summed E-state index contributed by atoms with van der Waals surface area (Å²) < 4.78 is 42.9. The van der Waals surface area contributed by atoms with Gasteiger partial charge in [-0.15, -0.1) is 24.8 Å². The van der Waals surface area contributed by atoms with Crippen LogP contribution in [-0.2, 0) is 11.0 Å². The Bertz CT molecular complexity index is 656. The molecule has 1 saturated heterocycles. The summed E-state index contributed by atoms with van der Waals surface area (Å²) in [7, 11) is 0. The van der Waals surface area contributed by atoms with Crippen LogP contribution < -0.4 is 15.4 Å². The molecule has 11 heteroatoms. The fourth-order valence-electron chi connectivity index (χ4n) is 3.33. The summed E-state index contributed by atoms with van der Waals surface area (Å²) in [5.41, 5.74) is -0.770. The number of rotatable bonds is 5. The number of hydrogen-bond donors (Lipinski definition) is 2. The van der Waals surface area contributed by atoms with Gasteiger partial charge >= 0.3 is 6.18 Å². The standard InChI is InChI=1S/C16H19ClF3N3O2.2ClH/c17-12-7-10(16(18,19)20)9-23-14(12)25-6-5-22-13(24)11-8-15(11)1-3-21-4-2-15;;/h7,9,11,21H,1-6,8H2,(H,22,24);2*1H. The highest BCUT2D eigenvalue weighted by Gasteiger charge is 2.57. The Hall–Kier alpha value is -0.960. The monoisotopic (exact) mass is 449 g/mol. The van der Waals surface area contributed by atoms with Crippen molar-refractivity contribution in [1.29, 1.82) is 0 Å². The molecule has 2 heterocycles. The SMILES string of the molecule is Cl.Cl.O=C(NCCOc1ncc(C(F)(F)F)cc1Cl)C1CC12CCNCC2. The van der Waals surface area contributed by atoms with E-state index in [0.717, 1.165) is 38.4 Å². The van der Waals surface area contributed by atoms with E-state index in [1.54, 1.807) is 0 Å². The predicted molar refractivity (Wildman–Crippen MR) is 99.9 cm³/mol. The first-order chi connectivity index (χ1) is 11.8. The molecule has 1 aromatic rings. The first kappa shape index (κ1) is 24.1. The molecule has 2 aliphatic rings. The van der Waals surface area contributed by atoms with Crippen molar-refractivity contribution in [3.8, 4) is 5.88 Å². The third-order valence-corrected chi connectivity index (χ3v) is 5.15. The van der Waals surface area contributed by atoms with Crippen LogP contribution in [0, 0.1) is 11.3 Å². The molecule has 1 unspecified atom stereocenters. The van der Waals surface area contributed by atoms with Crippen molar-refractivity contribution in [3.05, 3.63) is 22.8 Å². The number of nitrogens with one attached hydrogen (secondary N) is 2. The Morgan fingerprint density at radius 1 is 1.37 bits per heavy atom. The summed E-state index contributed by atoms with van der Waals surface area (Å²) in [6.07, 6.45) is -0.865. The lowest BCUT2D eigenvalue weighted by molar-refractivity contribution is -0.137. The lowest BCUT2D eigenvalue weighted by Crippen LogP contribution is -2.35. The Kier molecular flexibility index (Phi) is 8.47. The predicted octanol–water partition coefficient (Wildman–Crippen LogP) is 3.48. The molecule has 1 spiro atoms. The Labute approximate surface area is 172 Å². The summed E-state index contributed by atoms with van der Waals surface area (Å²) in [6, 6.07) is 0.771. The van der Waals surface area contributed by atoms with Crippen molar-refractivity contribution in [3.63, 3.8) is 0 Å². The van der Waals surface area contributed by atoms with Gasteiger partial charge in [-0.3, -0.25) is 4.79 Å². The van der Waals surface area contributed by atoms with Crippen molar-refractivity contribution in [2.24, 2.45) is 11.3 Å². The van der Waals surface area contributed by atoms with Crippen LogP contribution in [0.4, 0.5) is 13.2 Å². The van der Waals surface area contributed by atoms with Gasteiger partial charge in [0.15, 0.2) is 0 Å². The molecule has 0 aromatic carbocycles. The summed E-state index contributed by atoms with van der Waals surface area (Å²) in [5, 5.41) is 5.88. The molecule has 0 radical (unpaired) electrons. The van der Waals surface area contributed by atoms with Crippen LogP contribution in [-0.4, -0.2) is 37.1 Å². The van der Waals surface area contributed by atoms with Crippen LogP contribution in [0.3, 0.4) is 0 Å². The maximum absolute atomic E-state index is 12.5. The topological polar surface area (TPSA) is 63.2 Å². The van der Waals surface area contributed by atoms with Gasteiger partial charge in [0.05, 0.1) is 12.1 Å². The molecule has 5 nitrogen and oxygen atoms in total. The molecule has 27 heavy (non-hydrogen) atoms. The average molecular weight is 451 g/mol. The number of carbonyl (C=O) groups excluding carboxylic acids is 1. The van der Waals surface area contributed by atoms with Crippen molar-refractivity contribution in [2.75, 3.05) is 26.2 Å². The zero-order valence-corrected chi connectivity index (χ0v) is 16.7. The van der Waals surface area contributed by atoms with E-state index in [0.29, 0.717) is 6.20 Å². The summed E-state index contributed by atoms with van der Waals surface area (Å²) in [6.45, 7) is 2.24. The van der Waals surface area contributed by atoms with Gasteiger partial charge < -0.3 is 15.4 Å². The number of amides is 1. The van der Waals surface area contributed by atoms with Gasteiger partial charge in [-0.25, -0.2) is 4.98 Å². The molecule has 1 saturated carbocycles. The zero-order valence-electron chi connectivity index (χ0n) is 14.3. The number of nitrogens with zero attached hydrogens (tertiary/aromatic N) is 1. The quantitative estimate of drug-likeness (QED) is 0.674. The van der Waals surface area contributed by atoms with Crippen LogP contribution in [0.15, 0.2) is 12.3 Å². The van der Waals surface area contributed by atoms with Crippen molar-refractivity contribution in [2.45, 2.75) is 25.4 Å². The first-order valence-corrected chi connectivity index (χ1v) is 8.54. The molecule has 154 valence electrons. The Balaban J connectivity index is 0.00000182.